The number of nitrogens with zero attached hydrogens (tertiary/aromatic N) is 1. The molecule has 0 aliphatic carbocycles. The predicted octanol–water partition coefficient (Wildman–Crippen LogP) is 1.88. The molecule has 1 aromatic carbocycles. The van der Waals surface area contributed by atoms with Gasteiger partial charge in [-0.2, -0.15) is 14.0 Å². The van der Waals surface area contributed by atoms with Crippen LogP contribution in [0.3, 0.4) is 0 Å². The lowest BCUT2D eigenvalue weighted by Gasteiger charge is -2.07. The number of nitrogen functional groups attached to an aromatic ring is 1. The fourth-order valence-electron chi connectivity index (χ4n) is 0.855. The van der Waals surface area contributed by atoms with Crippen molar-refractivity contribution in [3.63, 3.8) is 0 Å². The van der Waals surface area contributed by atoms with Crippen molar-refractivity contribution in [1.29, 1.82) is 5.26 Å². The van der Waals surface area contributed by atoms with Crippen molar-refractivity contribution in [1.82, 2.24) is 0 Å². The molecule has 0 bridgehead atoms. The number of ether oxygens (including phenoxy) is 1. The van der Waals surface area contributed by atoms with Crippen LogP contribution >= 0.6 is 0 Å². The topological polar surface area (TPSA) is 59.0 Å². The van der Waals surface area contributed by atoms with Crippen molar-refractivity contribution < 1.29 is 17.9 Å². The largest absolute Gasteiger partial charge is 0.433 e. The van der Waals surface area contributed by atoms with Gasteiger partial charge in [-0.3, -0.25) is 0 Å². The molecule has 6 heteroatoms. The second kappa shape index (κ2) is 3.87. The molecule has 0 radical (unpaired) electrons. The Morgan fingerprint density at radius 3 is 2.57 bits per heavy atom. The lowest BCUT2D eigenvalue weighted by atomic mass is 10.2. The first kappa shape index (κ1) is 10.2. The molecule has 0 aliphatic rings. The monoisotopic (exact) mass is 202 g/mol. The Bertz CT molecular complexity index is 387. The third kappa shape index (κ3) is 2.07. The summed E-state index contributed by atoms with van der Waals surface area (Å²) in [5, 5.41) is 8.38. The first-order valence-corrected chi connectivity index (χ1v) is 3.48. The average Bonchev–Trinajstić information content (AvgIpc) is 2.10. The Kier molecular flexibility index (Phi) is 2.82. The van der Waals surface area contributed by atoms with Crippen molar-refractivity contribution in [3.8, 4) is 11.8 Å². The van der Waals surface area contributed by atoms with E-state index in [0.717, 1.165) is 6.07 Å². The molecular weight excluding hydrogens is 197 g/mol. The summed E-state index contributed by atoms with van der Waals surface area (Å²) in [5.74, 6) is -1.42. The van der Waals surface area contributed by atoms with E-state index in [1.54, 1.807) is 0 Å². The van der Waals surface area contributed by atoms with E-state index in [0.29, 0.717) is 6.07 Å². The van der Waals surface area contributed by atoms with Crippen LogP contribution in [-0.2, 0) is 0 Å². The maximum atomic E-state index is 12.9. The van der Waals surface area contributed by atoms with Gasteiger partial charge in [0.2, 0.25) is 0 Å². The number of benzene rings is 1. The SMILES string of the molecule is N#Cc1cc(N)c(OC(F)F)cc1F. The van der Waals surface area contributed by atoms with E-state index < -0.39 is 18.2 Å². The van der Waals surface area contributed by atoms with E-state index in [-0.39, 0.29) is 11.3 Å². The van der Waals surface area contributed by atoms with Gasteiger partial charge < -0.3 is 10.5 Å². The molecule has 3 nitrogen and oxygen atoms in total. The van der Waals surface area contributed by atoms with E-state index in [1.807, 2.05) is 0 Å². The van der Waals surface area contributed by atoms with Gasteiger partial charge in [-0.25, -0.2) is 4.39 Å². The Hall–Kier alpha value is -1.90. The summed E-state index contributed by atoms with van der Waals surface area (Å²) in [7, 11) is 0. The predicted molar refractivity (Wildman–Crippen MR) is 42.2 cm³/mol. The molecule has 0 aliphatic heterocycles. The number of nitrogens with two attached hydrogens (primary N) is 1. The van der Waals surface area contributed by atoms with Crippen LogP contribution in [0.2, 0.25) is 0 Å². The molecule has 2 N–H and O–H groups in total. The zero-order valence-electron chi connectivity index (χ0n) is 6.80. The number of anilines is 1. The number of alkyl halides is 2. The molecule has 74 valence electrons. The molecule has 0 saturated heterocycles. The molecular formula is C8H5F3N2O. The Morgan fingerprint density at radius 1 is 1.43 bits per heavy atom. The van der Waals surface area contributed by atoms with Crippen LogP contribution < -0.4 is 10.5 Å². The standard InChI is InChI=1S/C8H5F3N2O/c9-5-2-7(14-8(10)11)6(13)1-4(5)3-12/h1-2,8H,13H2. The highest BCUT2D eigenvalue weighted by atomic mass is 19.3. The van der Waals surface area contributed by atoms with Gasteiger partial charge in [0.25, 0.3) is 0 Å². The average molecular weight is 202 g/mol. The highest BCUT2D eigenvalue weighted by Gasteiger charge is 2.12. The summed E-state index contributed by atoms with van der Waals surface area (Å²) in [6.45, 7) is -3.08. The number of hydrogen-bond acceptors (Lipinski definition) is 3. The second-order valence-corrected chi connectivity index (χ2v) is 2.36. The summed E-state index contributed by atoms with van der Waals surface area (Å²) < 4.78 is 40.3. The van der Waals surface area contributed by atoms with Crippen molar-refractivity contribution >= 4 is 5.69 Å². The van der Waals surface area contributed by atoms with Crippen LogP contribution in [0.5, 0.6) is 5.75 Å². The summed E-state index contributed by atoms with van der Waals surface area (Å²) in [6.07, 6.45) is 0. The molecule has 1 rings (SSSR count). The molecule has 14 heavy (non-hydrogen) atoms. The zero-order chi connectivity index (χ0) is 10.7. The summed E-state index contributed by atoms with van der Waals surface area (Å²) >= 11 is 0. The van der Waals surface area contributed by atoms with Crippen molar-refractivity contribution in [2.24, 2.45) is 0 Å². The molecule has 0 amide bonds. The van der Waals surface area contributed by atoms with E-state index in [9.17, 15) is 13.2 Å². The number of nitriles is 1. The maximum absolute atomic E-state index is 12.9. The Balaban J connectivity index is 3.10. The van der Waals surface area contributed by atoms with E-state index in [4.69, 9.17) is 11.0 Å². The van der Waals surface area contributed by atoms with Gasteiger partial charge >= 0.3 is 6.61 Å². The minimum Gasteiger partial charge on any atom is -0.433 e. The van der Waals surface area contributed by atoms with Crippen LogP contribution in [0.4, 0.5) is 18.9 Å². The van der Waals surface area contributed by atoms with E-state index in [2.05, 4.69) is 4.74 Å². The quantitative estimate of drug-likeness (QED) is 0.745. The lowest BCUT2D eigenvalue weighted by molar-refractivity contribution is -0.0494. The van der Waals surface area contributed by atoms with Gasteiger partial charge in [0.15, 0.2) is 5.75 Å². The van der Waals surface area contributed by atoms with Gasteiger partial charge in [0, 0.05) is 6.07 Å². The van der Waals surface area contributed by atoms with Gasteiger partial charge in [-0.15, -0.1) is 0 Å². The molecule has 0 spiro atoms. The zero-order valence-corrected chi connectivity index (χ0v) is 6.80. The first-order valence-electron chi connectivity index (χ1n) is 3.48. The molecule has 0 aromatic heterocycles. The molecule has 1 aromatic rings. The fourth-order valence-corrected chi connectivity index (χ4v) is 0.855. The Morgan fingerprint density at radius 2 is 2.07 bits per heavy atom. The highest BCUT2D eigenvalue weighted by Crippen LogP contribution is 2.26. The van der Waals surface area contributed by atoms with Gasteiger partial charge in [-0.05, 0) is 6.07 Å². The summed E-state index contributed by atoms with van der Waals surface area (Å²) in [6, 6.07) is 3.11. The third-order valence-electron chi connectivity index (χ3n) is 1.44. The molecule has 0 unspecified atom stereocenters. The van der Waals surface area contributed by atoms with Crippen LogP contribution in [0.25, 0.3) is 0 Å². The van der Waals surface area contributed by atoms with Crippen LogP contribution in [0.1, 0.15) is 5.56 Å². The van der Waals surface area contributed by atoms with Gasteiger partial charge in [0.1, 0.15) is 11.9 Å². The normalized spacial score (nSPS) is 9.93. The smallest absolute Gasteiger partial charge is 0.387 e. The maximum Gasteiger partial charge on any atom is 0.387 e. The molecule has 0 saturated carbocycles. The van der Waals surface area contributed by atoms with Crippen LogP contribution in [0, 0.1) is 17.1 Å². The number of hydrogen-bond donors (Lipinski definition) is 1. The van der Waals surface area contributed by atoms with Gasteiger partial charge in [0.05, 0.1) is 11.3 Å². The van der Waals surface area contributed by atoms with E-state index >= 15 is 0 Å². The molecule has 0 atom stereocenters. The van der Waals surface area contributed by atoms with Crippen molar-refractivity contribution in [2.45, 2.75) is 6.61 Å². The van der Waals surface area contributed by atoms with Crippen LogP contribution in [-0.4, -0.2) is 6.61 Å². The number of halogens is 3. The highest BCUT2D eigenvalue weighted by molar-refractivity contribution is 5.57. The lowest BCUT2D eigenvalue weighted by Crippen LogP contribution is -2.05. The van der Waals surface area contributed by atoms with Gasteiger partial charge in [-0.1, -0.05) is 0 Å². The van der Waals surface area contributed by atoms with E-state index in [1.165, 1.54) is 6.07 Å². The first-order chi connectivity index (χ1) is 6.54. The molecule has 0 heterocycles. The summed E-state index contributed by atoms with van der Waals surface area (Å²) in [5.41, 5.74) is 4.72. The Labute approximate surface area is 77.5 Å². The van der Waals surface area contributed by atoms with Crippen molar-refractivity contribution in [3.05, 3.63) is 23.5 Å². The molecule has 0 fully saturated rings. The van der Waals surface area contributed by atoms with Crippen molar-refractivity contribution in [2.75, 3.05) is 5.73 Å². The fraction of sp³-hybridized carbons (Fsp3) is 0.125. The van der Waals surface area contributed by atoms with Crippen LogP contribution in [0.15, 0.2) is 12.1 Å². The minimum absolute atomic E-state index is 0.205. The second-order valence-electron chi connectivity index (χ2n) is 2.36. The number of rotatable bonds is 2. The summed E-state index contributed by atoms with van der Waals surface area (Å²) in [4.78, 5) is 0. The third-order valence-corrected chi connectivity index (χ3v) is 1.44. The minimum atomic E-state index is -3.08.